The summed E-state index contributed by atoms with van der Waals surface area (Å²) in [5.41, 5.74) is 4.09. The van der Waals surface area contributed by atoms with Crippen LogP contribution in [0.2, 0.25) is 0 Å². The maximum Gasteiger partial charge on any atom is 0.329 e. The van der Waals surface area contributed by atoms with Gasteiger partial charge in [-0.25, -0.2) is 27.3 Å². The zero-order chi connectivity index (χ0) is 43.0. The van der Waals surface area contributed by atoms with E-state index in [0.717, 1.165) is 22.8 Å². The van der Waals surface area contributed by atoms with Gasteiger partial charge in [0.25, 0.3) is 0 Å². The van der Waals surface area contributed by atoms with Gasteiger partial charge < -0.3 is 14.4 Å². The Kier molecular flexibility index (Phi) is 12.0. The van der Waals surface area contributed by atoms with E-state index in [-0.39, 0.29) is 30.2 Å². The first-order valence-corrected chi connectivity index (χ1v) is 22.3. The molecular weight excluding hydrogens is 818 g/mol. The van der Waals surface area contributed by atoms with Crippen LogP contribution in [0, 0.1) is 28.4 Å². The molecule has 3 aromatic carbocycles. The Labute approximate surface area is 362 Å². The largest absolute Gasteiger partial charge is 0.453 e. The second kappa shape index (κ2) is 17.7. The molecule has 5 aromatic rings. The molecule has 5 fully saturated rings. The molecule has 324 valence electrons. The van der Waals surface area contributed by atoms with E-state index < -0.39 is 23.8 Å². The maximum absolute atomic E-state index is 14.9. The van der Waals surface area contributed by atoms with Crippen LogP contribution < -0.4 is 19.7 Å². The van der Waals surface area contributed by atoms with Crippen molar-refractivity contribution in [1.29, 1.82) is 5.26 Å². The summed E-state index contributed by atoms with van der Waals surface area (Å²) in [6, 6.07) is 14.7. The number of urea groups is 1. The van der Waals surface area contributed by atoms with Crippen LogP contribution in [0.5, 0.6) is 11.5 Å². The Morgan fingerprint density at radius 3 is 2.52 bits per heavy atom. The van der Waals surface area contributed by atoms with Gasteiger partial charge in [0.05, 0.1) is 27.9 Å². The lowest BCUT2D eigenvalue weighted by molar-refractivity contribution is -0.120. The predicted octanol–water partition coefficient (Wildman–Crippen LogP) is 8.90. The average Bonchev–Trinajstić information content (AvgIpc) is 3.84. The fourth-order valence-corrected chi connectivity index (χ4v) is 10.5. The Bertz CT molecular complexity index is 2530. The van der Waals surface area contributed by atoms with Gasteiger partial charge in [0.2, 0.25) is 5.91 Å². The number of carbonyl (C=O) groups is 2. The first-order chi connectivity index (χ1) is 30.0. The second-order valence-corrected chi connectivity index (χ2v) is 18.1. The highest BCUT2D eigenvalue weighted by Gasteiger charge is 2.47. The first kappa shape index (κ1) is 41.9. The standard InChI is InChI=1S/C33H38F2N6OS.C12H11FN4O2/c34-23-10-13-41(21-23)43-39-28-9-7-27(35)32(26(28)19-36)42-25-6-8-29-30(16-25)38-31(20-37-29)22-17-33(18-22)11-14-40(15-12-33)24-4-2-1-3-5-24;1-16-9-3-2-7(13)6-8(9)11(15-16)17-5-4-10(18)14-12(17)19/h6-9,16,20,22-24,39H,1-5,10-15,17-18,21H2;2-3,6H,4-5H2,1H3,(H,14,18,19). The van der Waals surface area contributed by atoms with Gasteiger partial charge in [-0.2, -0.15) is 10.4 Å². The van der Waals surface area contributed by atoms with Crippen LogP contribution in [0.25, 0.3) is 21.9 Å². The summed E-state index contributed by atoms with van der Waals surface area (Å²) in [5.74, 6) is -0.328. The van der Waals surface area contributed by atoms with Gasteiger partial charge in [-0.05, 0) is 106 Å². The van der Waals surface area contributed by atoms with Crippen molar-refractivity contribution >= 4 is 57.5 Å². The minimum atomic E-state index is -0.858. The Balaban J connectivity index is 0.000000215. The Hall–Kier alpha value is -5.44. The number of alkyl halides is 1. The minimum Gasteiger partial charge on any atom is -0.453 e. The number of hydrogen-bond acceptors (Lipinski definition) is 11. The number of fused-ring (bicyclic) bond motifs is 2. The molecular formula is C45H49F3N10O3S. The molecule has 3 amide bonds. The van der Waals surface area contributed by atoms with E-state index in [2.05, 4.69) is 31.1 Å². The van der Waals surface area contributed by atoms with Gasteiger partial charge in [-0.1, -0.05) is 19.3 Å². The van der Waals surface area contributed by atoms with Crippen LogP contribution in [-0.4, -0.2) is 85.8 Å². The fourth-order valence-electron chi connectivity index (χ4n) is 9.72. The third-order valence-corrected chi connectivity index (χ3v) is 14.1. The number of ether oxygens (including phenoxy) is 1. The molecule has 10 rings (SSSR count). The molecule has 17 heteroatoms. The van der Waals surface area contributed by atoms with E-state index in [1.54, 1.807) is 29.9 Å². The number of imide groups is 1. The lowest BCUT2D eigenvalue weighted by Crippen LogP contribution is -2.49. The summed E-state index contributed by atoms with van der Waals surface area (Å²) >= 11 is 1.21. The lowest BCUT2D eigenvalue weighted by Gasteiger charge is -2.53. The summed E-state index contributed by atoms with van der Waals surface area (Å²) in [7, 11) is 1.72. The van der Waals surface area contributed by atoms with Crippen LogP contribution in [0.1, 0.15) is 87.8 Å². The molecule has 2 N–H and O–H groups in total. The topological polar surface area (TPSA) is 145 Å². The van der Waals surface area contributed by atoms with Crippen LogP contribution in [0.15, 0.2) is 54.7 Å². The molecule has 2 aliphatic carbocycles. The van der Waals surface area contributed by atoms with E-state index in [1.807, 2.05) is 16.6 Å². The number of rotatable bonds is 8. The van der Waals surface area contributed by atoms with Crippen molar-refractivity contribution in [3.63, 3.8) is 0 Å². The van der Waals surface area contributed by atoms with Gasteiger partial charge >= 0.3 is 6.03 Å². The minimum absolute atomic E-state index is 0.0535. The quantitative estimate of drug-likeness (QED) is 0.144. The van der Waals surface area contributed by atoms with Crippen LogP contribution in [0.4, 0.5) is 29.5 Å². The summed E-state index contributed by atoms with van der Waals surface area (Å²) in [6.07, 6.45) is 13.6. The molecule has 0 bridgehead atoms. The fraction of sp³-hybridized carbons (Fsp3) is 0.467. The SMILES string of the molecule is Cn1nc(N2CCC(=O)NC2=O)c2cc(F)ccc21.N#Cc1c(NSN2CCC(F)C2)ccc(F)c1Oc1ccc2ncc(C3CC4(CCN(C5CCCCC5)CC4)C3)nc2c1. The van der Waals surface area contributed by atoms with Gasteiger partial charge in [0.1, 0.15) is 29.4 Å². The van der Waals surface area contributed by atoms with Gasteiger partial charge in [0.15, 0.2) is 17.4 Å². The number of benzene rings is 3. The van der Waals surface area contributed by atoms with E-state index >= 15 is 0 Å². The molecule has 2 aromatic heterocycles. The molecule has 1 unspecified atom stereocenters. The second-order valence-electron chi connectivity index (χ2n) is 17.2. The molecule has 0 radical (unpaired) electrons. The molecule has 3 saturated heterocycles. The number of amides is 3. The molecule has 2 saturated carbocycles. The Morgan fingerprint density at radius 2 is 1.77 bits per heavy atom. The summed E-state index contributed by atoms with van der Waals surface area (Å²) in [5, 5.41) is 16.9. The van der Waals surface area contributed by atoms with Crippen molar-refractivity contribution in [1.82, 2.24) is 34.3 Å². The number of likely N-dealkylation sites (tertiary alicyclic amines) is 1. The highest BCUT2D eigenvalue weighted by molar-refractivity contribution is 7.98. The van der Waals surface area contributed by atoms with Crippen LogP contribution >= 0.6 is 12.1 Å². The van der Waals surface area contributed by atoms with Gasteiger partial charge in [-0.15, -0.1) is 0 Å². The third-order valence-electron chi connectivity index (χ3n) is 13.2. The molecule has 1 spiro atoms. The number of hydrogen-bond donors (Lipinski definition) is 2. The Morgan fingerprint density at radius 1 is 0.968 bits per heavy atom. The lowest BCUT2D eigenvalue weighted by atomic mass is 9.56. The highest BCUT2D eigenvalue weighted by atomic mass is 32.2. The van der Waals surface area contributed by atoms with Gasteiger partial charge in [0, 0.05) is 74.8 Å². The van der Waals surface area contributed by atoms with Crippen LogP contribution in [0.3, 0.4) is 0 Å². The number of nitrogens with zero attached hydrogens (tertiary/aromatic N) is 8. The zero-order valence-corrected chi connectivity index (χ0v) is 35.4. The molecule has 5 heterocycles. The van der Waals surface area contributed by atoms with E-state index in [9.17, 15) is 28.0 Å². The molecule has 1 atom stereocenters. The van der Waals surface area contributed by atoms with Gasteiger partial charge in [-0.3, -0.25) is 24.7 Å². The number of piperidine rings is 1. The van der Waals surface area contributed by atoms with E-state index in [1.165, 1.54) is 112 Å². The zero-order valence-electron chi connectivity index (χ0n) is 34.6. The van der Waals surface area contributed by atoms with Crippen molar-refractivity contribution in [3.8, 4) is 17.6 Å². The predicted molar refractivity (Wildman–Crippen MR) is 231 cm³/mol. The normalized spacial score (nSPS) is 21.1. The number of halogens is 3. The number of nitrogens with one attached hydrogen (secondary N) is 2. The summed E-state index contributed by atoms with van der Waals surface area (Å²) < 4.78 is 54.3. The van der Waals surface area contributed by atoms with Crippen molar-refractivity contribution < 1.29 is 27.5 Å². The van der Waals surface area contributed by atoms with E-state index in [4.69, 9.17) is 9.72 Å². The number of carbonyl (C=O) groups excluding carboxylic acids is 2. The molecule has 13 nitrogen and oxygen atoms in total. The number of nitriles is 1. The highest BCUT2D eigenvalue weighted by Crippen LogP contribution is 2.56. The number of aromatic nitrogens is 4. The van der Waals surface area contributed by atoms with Crippen molar-refractivity contribution in [2.75, 3.05) is 42.3 Å². The van der Waals surface area contributed by atoms with Crippen molar-refractivity contribution in [2.45, 2.75) is 88.8 Å². The molecule has 62 heavy (non-hydrogen) atoms. The van der Waals surface area contributed by atoms with Crippen LogP contribution in [-0.2, 0) is 11.8 Å². The molecule has 3 aliphatic heterocycles. The third kappa shape index (κ3) is 8.77. The van der Waals surface area contributed by atoms with E-state index in [0.29, 0.717) is 59.0 Å². The summed E-state index contributed by atoms with van der Waals surface area (Å²) in [4.78, 5) is 36.7. The summed E-state index contributed by atoms with van der Waals surface area (Å²) in [6.45, 7) is 3.62. The maximum atomic E-state index is 14.9. The molecule has 5 aliphatic rings. The average molecular weight is 867 g/mol. The number of aryl methyl sites for hydroxylation is 1. The monoisotopic (exact) mass is 866 g/mol. The smallest absolute Gasteiger partial charge is 0.329 e. The van der Waals surface area contributed by atoms with Crippen molar-refractivity contribution in [3.05, 3.63) is 77.6 Å². The number of anilines is 2. The van der Waals surface area contributed by atoms with Crippen molar-refractivity contribution in [2.24, 2.45) is 12.5 Å². The first-order valence-electron chi connectivity index (χ1n) is 21.5.